The number of nitroso groups, excluding NO2 is 1. The standard InChI is InChI=1S/C18H24N3O2S/c1-11(2)5-4-6-12(3)7-8-15-17-13(10-21(15)23)18-14(9-16(17)22)19-24-20-18/h10-12H,4-9H2,1-3H3/q+1. The first-order valence-electron chi connectivity index (χ1n) is 8.74. The third-order valence-electron chi connectivity index (χ3n) is 4.84. The number of allylic oxidation sites excluding steroid dienone is 3. The van der Waals surface area contributed by atoms with E-state index in [2.05, 4.69) is 29.5 Å². The Bertz CT molecular complexity index is 730. The summed E-state index contributed by atoms with van der Waals surface area (Å²) in [5, 5.41) is 0. The highest BCUT2D eigenvalue weighted by Crippen LogP contribution is 2.39. The fraction of sp³-hybridized carbons (Fsp3) is 0.611. The second-order valence-corrected chi connectivity index (χ2v) is 7.85. The van der Waals surface area contributed by atoms with Gasteiger partial charge < -0.3 is 0 Å². The van der Waals surface area contributed by atoms with Gasteiger partial charge in [0.25, 0.3) is 5.70 Å². The van der Waals surface area contributed by atoms with Gasteiger partial charge >= 0.3 is 0 Å². The van der Waals surface area contributed by atoms with Crippen LogP contribution in [0.2, 0.25) is 0 Å². The molecule has 5 nitrogen and oxygen atoms in total. The number of rotatable bonds is 7. The zero-order chi connectivity index (χ0) is 17.3. The zero-order valence-electron chi connectivity index (χ0n) is 14.5. The molecule has 0 saturated heterocycles. The van der Waals surface area contributed by atoms with E-state index >= 15 is 0 Å². The molecule has 0 aromatic carbocycles. The van der Waals surface area contributed by atoms with Crippen molar-refractivity contribution in [2.75, 3.05) is 0 Å². The van der Waals surface area contributed by atoms with Crippen molar-refractivity contribution in [2.45, 2.75) is 59.3 Å². The van der Waals surface area contributed by atoms with Crippen LogP contribution in [0.15, 0.2) is 17.5 Å². The minimum Gasteiger partial charge on any atom is -0.293 e. The molecule has 0 fully saturated rings. The maximum Gasteiger partial charge on any atom is 0.251 e. The van der Waals surface area contributed by atoms with Crippen molar-refractivity contribution in [3.8, 4) is 0 Å². The first-order valence-corrected chi connectivity index (χ1v) is 9.47. The maximum atomic E-state index is 12.5. The molecule has 6 heteroatoms. The van der Waals surface area contributed by atoms with Crippen LogP contribution in [0.5, 0.6) is 0 Å². The van der Waals surface area contributed by atoms with Crippen molar-refractivity contribution in [3.63, 3.8) is 0 Å². The minimum absolute atomic E-state index is 0.00209. The van der Waals surface area contributed by atoms with Crippen molar-refractivity contribution in [3.05, 3.63) is 33.8 Å². The van der Waals surface area contributed by atoms with Crippen molar-refractivity contribution < 1.29 is 9.55 Å². The van der Waals surface area contributed by atoms with Gasteiger partial charge in [-0.2, -0.15) is 8.75 Å². The van der Waals surface area contributed by atoms with E-state index in [1.54, 1.807) is 0 Å². The van der Waals surface area contributed by atoms with E-state index < -0.39 is 0 Å². The first kappa shape index (κ1) is 17.1. The van der Waals surface area contributed by atoms with Crippen LogP contribution in [0.25, 0.3) is 5.57 Å². The van der Waals surface area contributed by atoms with Gasteiger partial charge in [0.1, 0.15) is 11.3 Å². The van der Waals surface area contributed by atoms with Gasteiger partial charge in [0, 0.05) is 11.3 Å². The molecule has 2 heterocycles. The normalized spacial score (nSPS) is 18.1. The number of nitrogens with zero attached hydrogens (tertiary/aromatic N) is 3. The smallest absolute Gasteiger partial charge is 0.251 e. The zero-order valence-corrected chi connectivity index (χ0v) is 15.4. The Morgan fingerprint density at radius 3 is 2.75 bits per heavy atom. The number of carbonyl (C=O) groups excluding carboxylic acids is 1. The highest BCUT2D eigenvalue weighted by molar-refractivity contribution is 6.99. The Hall–Kier alpha value is -1.69. The highest BCUT2D eigenvalue weighted by Gasteiger charge is 2.42. The number of hydrogen-bond donors (Lipinski definition) is 0. The average Bonchev–Trinajstić information content (AvgIpc) is 3.09. The minimum atomic E-state index is 0.00209. The van der Waals surface area contributed by atoms with Crippen molar-refractivity contribution in [2.24, 2.45) is 11.8 Å². The van der Waals surface area contributed by atoms with E-state index in [0.29, 0.717) is 34.9 Å². The highest BCUT2D eigenvalue weighted by atomic mass is 32.1. The van der Waals surface area contributed by atoms with Gasteiger partial charge in [0.15, 0.2) is 5.78 Å². The van der Waals surface area contributed by atoms with Crippen LogP contribution in [-0.4, -0.2) is 19.3 Å². The molecule has 0 saturated carbocycles. The number of carbonyl (C=O) groups is 1. The molecule has 128 valence electrons. The summed E-state index contributed by atoms with van der Waals surface area (Å²) in [5.41, 5.74) is 3.29. The molecule has 2 aliphatic rings. The third-order valence-corrected chi connectivity index (χ3v) is 5.41. The molecule has 24 heavy (non-hydrogen) atoms. The van der Waals surface area contributed by atoms with Gasteiger partial charge in [0.2, 0.25) is 6.20 Å². The summed E-state index contributed by atoms with van der Waals surface area (Å²) >= 11 is 1.10. The molecular weight excluding hydrogens is 322 g/mol. The largest absolute Gasteiger partial charge is 0.293 e. The van der Waals surface area contributed by atoms with E-state index in [1.807, 2.05) is 0 Å². The lowest BCUT2D eigenvalue weighted by molar-refractivity contribution is -0.423. The third kappa shape index (κ3) is 3.38. The summed E-state index contributed by atoms with van der Waals surface area (Å²) < 4.78 is 9.30. The van der Waals surface area contributed by atoms with Crippen LogP contribution in [0, 0.1) is 16.7 Å². The molecule has 1 aromatic heterocycles. The Morgan fingerprint density at radius 1 is 1.21 bits per heavy atom. The summed E-state index contributed by atoms with van der Waals surface area (Å²) in [6.07, 6.45) is 7.00. The van der Waals surface area contributed by atoms with Crippen LogP contribution in [0.3, 0.4) is 0 Å². The molecule has 1 aliphatic heterocycles. The maximum absolute atomic E-state index is 12.5. The molecule has 3 rings (SSSR count). The topological polar surface area (TPSA) is 62.9 Å². The van der Waals surface area contributed by atoms with Gasteiger partial charge in [-0.25, -0.2) is 0 Å². The summed E-state index contributed by atoms with van der Waals surface area (Å²) in [6.45, 7) is 6.72. The molecule has 1 aliphatic carbocycles. The van der Waals surface area contributed by atoms with Gasteiger partial charge in [0.05, 0.1) is 34.2 Å². The predicted molar refractivity (Wildman–Crippen MR) is 94.3 cm³/mol. The number of fused-ring (bicyclic) bond motifs is 3. The molecule has 1 aromatic rings. The van der Waals surface area contributed by atoms with E-state index in [0.717, 1.165) is 34.5 Å². The summed E-state index contributed by atoms with van der Waals surface area (Å²) in [6, 6.07) is 0. The quantitative estimate of drug-likeness (QED) is 0.691. The molecule has 0 bridgehead atoms. The second-order valence-electron chi connectivity index (χ2n) is 7.32. The molecule has 1 unspecified atom stereocenters. The van der Waals surface area contributed by atoms with Crippen molar-refractivity contribution in [1.82, 2.24) is 8.75 Å². The fourth-order valence-corrected chi connectivity index (χ4v) is 4.00. The number of Topliss-reactive ketones (excluding diaryl/α,β-unsaturated/α-hetero) is 1. The summed E-state index contributed by atoms with van der Waals surface area (Å²) in [7, 11) is 0. The van der Waals surface area contributed by atoms with Gasteiger partial charge in [-0.1, -0.05) is 40.0 Å². The molecule has 1 atom stereocenters. The number of ketones is 1. The first-order chi connectivity index (χ1) is 11.5. The second kappa shape index (κ2) is 7.05. The van der Waals surface area contributed by atoms with E-state index in [4.69, 9.17) is 0 Å². The SMILES string of the molecule is CC(C)CCCC(C)CCC1=C2C(=O)Cc3nsnc3C2=C[N+]1=O. The van der Waals surface area contributed by atoms with E-state index in [9.17, 15) is 9.70 Å². The van der Waals surface area contributed by atoms with Crippen LogP contribution >= 0.6 is 11.7 Å². The van der Waals surface area contributed by atoms with Gasteiger partial charge in [-0.15, -0.1) is 0 Å². The van der Waals surface area contributed by atoms with Gasteiger partial charge in [-0.05, 0) is 18.3 Å². The monoisotopic (exact) mass is 346 g/mol. The molecular formula is C18H24N3O2S+. The number of hydrogen-bond acceptors (Lipinski definition) is 5. The Balaban J connectivity index is 1.68. The molecule has 0 amide bonds. The van der Waals surface area contributed by atoms with Crippen LogP contribution in [0.4, 0.5) is 0 Å². The lowest BCUT2D eigenvalue weighted by Gasteiger charge is -2.12. The van der Waals surface area contributed by atoms with Crippen LogP contribution in [-0.2, 0) is 11.2 Å². The van der Waals surface area contributed by atoms with E-state index in [-0.39, 0.29) is 12.2 Å². The molecule has 0 N–H and O–H groups in total. The average molecular weight is 346 g/mol. The van der Waals surface area contributed by atoms with Crippen molar-refractivity contribution in [1.29, 1.82) is 0 Å². The fourth-order valence-electron chi connectivity index (χ4n) is 3.42. The Morgan fingerprint density at radius 2 is 2.00 bits per heavy atom. The summed E-state index contributed by atoms with van der Waals surface area (Å²) in [5.74, 6) is 1.30. The number of aromatic nitrogens is 2. The van der Waals surface area contributed by atoms with Crippen LogP contribution in [0.1, 0.15) is 64.3 Å². The lowest BCUT2D eigenvalue weighted by Crippen LogP contribution is -2.16. The Labute approximate surface area is 146 Å². The molecule has 0 spiro atoms. The summed E-state index contributed by atoms with van der Waals surface area (Å²) in [4.78, 5) is 24.8. The molecule has 0 radical (unpaired) electrons. The van der Waals surface area contributed by atoms with Crippen molar-refractivity contribution >= 4 is 23.1 Å². The van der Waals surface area contributed by atoms with Crippen LogP contribution < -0.4 is 0 Å². The lowest BCUT2D eigenvalue weighted by atomic mass is 9.88. The Kier molecular flexibility index (Phi) is 5.04. The predicted octanol–water partition coefficient (Wildman–Crippen LogP) is 4.29. The van der Waals surface area contributed by atoms with Gasteiger partial charge in [-0.3, -0.25) is 4.79 Å². The van der Waals surface area contributed by atoms with E-state index in [1.165, 1.54) is 25.5 Å².